The van der Waals surface area contributed by atoms with Gasteiger partial charge in [0.05, 0.1) is 23.3 Å². The van der Waals surface area contributed by atoms with Crippen LogP contribution in [0.2, 0.25) is 0 Å². The first-order chi connectivity index (χ1) is 14.1. The Balaban J connectivity index is 1.43. The third-order valence-electron chi connectivity index (χ3n) is 5.67. The summed E-state index contributed by atoms with van der Waals surface area (Å²) in [4.78, 5) is 33.2. The molecule has 152 valence electrons. The molecule has 0 unspecified atom stereocenters. The number of likely N-dealkylation sites (tertiary alicyclic amines) is 1. The zero-order valence-electron chi connectivity index (χ0n) is 16.6. The molecular formula is C22H26N4O2S. The normalized spacial score (nSPS) is 16.7. The lowest BCUT2D eigenvalue weighted by atomic mass is 9.97. The first-order valence-corrected chi connectivity index (χ1v) is 11.0. The van der Waals surface area contributed by atoms with Gasteiger partial charge in [0.15, 0.2) is 0 Å². The Bertz CT molecular complexity index is 1020. The average molecular weight is 411 g/mol. The molecule has 3 aromatic rings. The number of fused-ring (bicyclic) bond motifs is 1. The maximum atomic E-state index is 12.6. The number of carbonyl (C=O) groups excluding carboxylic acids is 1. The molecule has 1 aromatic carbocycles. The lowest BCUT2D eigenvalue weighted by molar-refractivity contribution is -0.122. The number of hydrogen-bond acceptors (Lipinski definition) is 5. The molecule has 0 bridgehead atoms. The molecule has 4 rings (SSSR count). The molecule has 3 heterocycles. The van der Waals surface area contributed by atoms with Gasteiger partial charge in [0.2, 0.25) is 5.91 Å². The van der Waals surface area contributed by atoms with E-state index in [4.69, 9.17) is 0 Å². The number of hydrogen-bond donors (Lipinski definition) is 1. The molecular weight excluding hydrogens is 384 g/mol. The van der Waals surface area contributed by atoms with Crippen molar-refractivity contribution in [2.24, 2.45) is 5.92 Å². The summed E-state index contributed by atoms with van der Waals surface area (Å²) in [5.41, 5.74) is 0.455. The number of carbonyl (C=O) groups is 1. The summed E-state index contributed by atoms with van der Waals surface area (Å²) < 4.78 is 1.38. The van der Waals surface area contributed by atoms with Crippen LogP contribution in [0.3, 0.4) is 0 Å². The van der Waals surface area contributed by atoms with E-state index in [-0.39, 0.29) is 24.1 Å². The lowest BCUT2D eigenvalue weighted by Gasteiger charge is -2.36. The quantitative estimate of drug-likeness (QED) is 0.678. The third kappa shape index (κ3) is 4.57. The Labute approximate surface area is 174 Å². The molecule has 1 saturated heterocycles. The van der Waals surface area contributed by atoms with Gasteiger partial charge in [-0.25, -0.2) is 4.98 Å². The molecule has 0 saturated carbocycles. The van der Waals surface area contributed by atoms with E-state index in [1.165, 1.54) is 28.6 Å². The molecule has 1 aliphatic heterocycles. The van der Waals surface area contributed by atoms with Gasteiger partial charge in [0, 0.05) is 11.4 Å². The molecule has 2 aromatic heterocycles. The molecule has 1 fully saturated rings. The van der Waals surface area contributed by atoms with E-state index in [1.54, 1.807) is 29.5 Å². The fraction of sp³-hybridized carbons (Fsp3) is 0.409. The molecule has 0 aliphatic carbocycles. The van der Waals surface area contributed by atoms with Crippen molar-refractivity contribution in [3.05, 3.63) is 63.3 Å². The van der Waals surface area contributed by atoms with Gasteiger partial charge < -0.3 is 5.32 Å². The highest BCUT2D eigenvalue weighted by molar-refractivity contribution is 7.10. The fourth-order valence-corrected chi connectivity index (χ4v) is 4.73. The SMILES string of the molecule is CC1CCN([C@H](CNC(=O)Cn2cnc3ccccc3c2=O)c2cccs2)CC1. The van der Waals surface area contributed by atoms with Crippen LogP contribution in [-0.2, 0) is 11.3 Å². The smallest absolute Gasteiger partial charge is 0.261 e. The van der Waals surface area contributed by atoms with Gasteiger partial charge in [0.1, 0.15) is 6.54 Å². The van der Waals surface area contributed by atoms with E-state index in [2.05, 4.69) is 39.6 Å². The van der Waals surface area contributed by atoms with Crippen LogP contribution in [0.1, 0.15) is 30.7 Å². The molecule has 1 aliphatic rings. The van der Waals surface area contributed by atoms with Crippen molar-refractivity contribution >= 4 is 28.1 Å². The minimum Gasteiger partial charge on any atom is -0.353 e. The summed E-state index contributed by atoms with van der Waals surface area (Å²) in [5.74, 6) is 0.591. The van der Waals surface area contributed by atoms with Gasteiger partial charge in [-0.1, -0.05) is 25.1 Å². The van der Waals surface area contributed by atoms with Crippen molar-refractivity contribution in [1.82, 2.24) is 19.8 Å². The number of para-hydroxylation sites is 1. The second-order valence-electron chi connectivity index (χ2n) is 7.75. The maximum absolute atomic E-state index is 12.6. The van der Waals surface area contributed by atoms with Crippen LogP contribution in [0.4, 0.5) is 0 Å². The van der Waals surface area contributed by atoms with Crippen LogP contribution in [-0.4, -0.2) is 40.0 Å². The van der Waals surface area contributed by atoms with Gasteiger partial charge in [0.25, 0.3) is 5.56 Å². The number of rotatable bonds is 6. The van der Waals surface area contributed by atoms with Crippen molar-refractivity contribution in [3.63, 3.8) is 0 Å². The zero-order chi connectivity index (χ0) is 20.2. The van der Waals surface area contributed by atoms with Gasteiger partial charge >= 0.3 is 0 Å². The minimum absolute atomic E-state index is 0.0230. The Morgan fingerprint density at radius 3 is 2.79 bits per heavy atom. The van der Waals surface area contributed by atoms with E-state index in [1.807, 2.05) is 6.07 Å². The Hall–Kier alpha value is -2.51. The number of amides is 1. The third-order valence-corrected chi connectivity index (χ3v) is 6.64. The van der Waals surface area contributed by atoms with Crippen LogP contribution in [0.5, 0.6) is 0 Å². The van der Waals surface area contributed by atoms with Crippen molar-refractivity contribution in [3.8, 4) is 0 Å². The minimum atomic E-state index is -0.189. The van der Waals surface area contributed by atoms with Crippen molar-refractivity contribution in [2.75, 3.05) is 19.6 Å². The van der Waals surface area contributed by atoms with E-state index in [9.17, 15) is 9.59 Å². The summed E-state index contributed by atoms with van der Waals surface area (Å²) in [6.45, 7) is 4.92. The molecule has 29 heavy (non-hydrogen) atoms. The van der Waals surface area contributed by atoms with E-state index < -0.39 is 0 Å². The Morgan fingerprint density at radius 2 is 2.03 bits per heavy atom. The summed E-state index contributed by atoms with van der Waals surface area (Å²) in [6.07, 6.45) is 3.83. The van der Waals surface area contributed by atoms with Crippen LogP contribution < -0.4 is 10.9 Å². The second-order valence-corrected chi connectivity index (χ2v) is 8.73. The second kappa shape index (κ2) is 8.88. The standard InChI is InChI=1S/C22H26N4O2S/c1-16-8-10-25(11-9-16)19(20-7-4-12-29-20)13-23-21(27)14-26-15-24-18-6-3-2-5-17(18)22(26)28/h2-7,12,15-16,19H,8-11,13-14H2,1H3,(H,23,27)/t19-/m1/s1. The van der Waals surface area contributed by atoms with Crippen molar-refractivity contribution < 1.29 is 4.79 Å². The molecule has 0 radical (unpaired) electrons. The van der Waals surface area contributed by atoms with E-state index >= 15 is 0 Å². The molecule has 1 N–H and O–H groups in total. The summed E-state index contributed by atoms with van der Waals surface area (Å²) >= 11 is 1.73. The van der Waals surface area contributed by atoms with Crippen LogP contribution in [0.25, 0.3) is 10.9 Å². The zero-order valence-corrected chi connectivity index (χ0v) is 17.4. The first-order valence-electron chi connectivity index (χ1n) is 10.1. The van der Waals surface area contributed by atoms with Crippen molar-refractivity contribution in [1.29, 1.82) is 0 Å². The number of piperidine rings is 1. The Morgan fingerprint density at radius 1 is 1.24 bits per heavy atom. The monoisotopic (exact) mass is 410 g/mol. The van der Waals surface area contributed by atoms with Gasteiger partial charge in [-0.05, 0) is 55.4 Å². The molecule has 1 atom stereocenters. The molecule has 0 spiro atoms. The Kier molecular flexibility index (Phi) is 6.06. The number of nitrogens with one attached hydrogen (secondary N) is 1. The highest BCUT2D eigenvalue weighted by atomic mass is 32.1. The summed E-state index contributed by atoms with van der Waals surface area (Å²) in [6, 6.07) is 11.6. The van der Waals surface area contributed by atoms with Crippen LogP contribution >= 0.6 is 11.3 Å². The summed E-state index contributed by atoms with van der Waals surface area (Å²) in [5, 5.41) is 5.65. The van der Waals surface area contributed by atoms with E-state index in [0.29, 0.717) is 17.4 Å². The largest absolute Gasteiger partial charge is 0.353 e. The average Bonchev–Trinajstić information content (AvgIpc) is 3.26. The fourth-order valence-electron chi connectivity index (χ4n) is 3.87. The molecule has 1 amide bonds. The topological polar surface area (TPSA) is 67.2 Å². The predicted molar refractivity (Wildman–Crippen MR) is 116 cm³/mol. The number of thiophene rings is 1. The first kappa shape index (κ1) is 19.8. The van der Waals surface area contributed by atoms with Crippen LogP contribution in [0.15, 0.2) is 52.9 Å². The van der Waals surface area contributed by atoms with Crippen LogP contribution in [0, 0.1) is 5.92 Å². The highest BCUT2D eigenvalue weighted by Crippen LogP contribution is 2.29. The maximum Gasteiger partial charge on any atom is 0.261 e. The van der Waals surface area contributed by atoms with Gasteiger partial charge in [-0.15, -0.1) is 11.3 Å². The predicted octanol–water partition coefficient (Wildman–Crippen LogP) is 3.05. The van der Waals surface area contributed by atoms with E-state index in [0.717, 1.165) is 19.0 Å². The molecule has 7 heteroatoms. The number of aromatic nitrogens is 2. The van der Waals surface area contributed by atoms with Gasteiger partial charge in [-0.3, -0.25) is 19.1 Å². The lowest BCUT2D eigenvalue weighted by Crippen LogP contribution is -2.42. The van der Waals surface area contributed by atoms with Gasteiger partial charge in [-0.2, -0.15) is 0 Å². The number of benzene rings is 1. The highest BCUT2D eigenvalue weighted by Gasteiger charge is 2.25. The molecule has 6 nitrogen and oxygen atoms in total. The number of nitrogens with zero attached hydrogens (tertiary/aromatic N) is 3. The summed E-state index contributed by atoms with van der Waals surface area (Å²) in [7, 11) is 0. The van der Waals surface area contributed by atoms with Crippen molar-refractivity contribution in [2.45, 2.75) is 32.4 Å².